The third-order valence-electron chi connectivity index (χ3n) is 2.09. The van der Waals surface area contributed by atoms with Gasteiger partial charge in [0.2, 0.25) is 0 Å². The number of methoxy groups -OCH3 is 1. The number of hydrogen-bond acceptors (Lipinski definition) is 3. The van der Waals surface area contributed by atoms with Crippen LogP contribution in [0.15, 0.2) is 12.4 Å². The van der Waals surface area contributed by atoms with E-state index in [2.05, 4.69) is 9.84 Å². The largest absolute Gasteiger partial charge is 0.452 e. The van der Waals surface area contributed by atoms with E-state index >= 15 is 0 Å². The summed E-state index contributed by atoms with van der Waals surface area (Å²) in [6.45, 7) is 6.13. The summed E-state index contributed by atoms with van der Waals surface area (Å²) in [5.41, 5.74) is 0.631. The molecule has 0 unspecified atom stereocenters. The number of nitrogens with zero attached hydrogens (tertiary/aromatic N) is 3. The Kier molecular flexibility index (Phi) is 3.02. The lowest BCUT2D eigenvalue weighted by molar-refractivity contribution is 0.180. The summed E-state index contributed by atoms with van der Waals surface area (Å²) in [7, 11) is 3.00. The second-order valence-corrected chi connectivity index (χ2v) is 4.34. The fraction of sp³-hybridized carbons (Fsp3) is 0.600. The van der Waals surface area contributed by atoms with E-state index in [1.165, 1.54) is 12.0 Å². The van der Waals surface area contributed by atoms with Crippen molar-refractivity contribution in [2.75, 3.05) is 19.1 Å². The van der Waals surface area contributed by atoms with E-state index in [0.29, 0.717) is 0 Å². The van der Waals surface area contributed by atoms with Crippen LogP contribution in [0.2, 0.25) is 0 Å². The molecule has 0 saturated carbocycles. The fourth-order valence-corrected chi connectivity index (χ4v) is 1.10. The maximum atomic E-state index is 11.2. The maximum Gasteiger partial charge on any atom is 0.413 e. The minimum atomic E-state index is -0.400. The highest BCUT2D eigenvalue weighted by Crippen LogP contribution is 2.18. The van der Waals surface area contributed by atoms with E-state index in [0.717, 1.165) is 5.69 Å². The first-order valence-corrected chi connectivity index (χ1v) is 4.73. The Morgan fingerprint density at radius 3 is 2.53 bits per heavy atom. The lowest BCUT2D eigenvalue weighted by Crippen LogP contribution is -2.26. The highest BCUT2D eigenvalue weighted by Gasteiger charge is 2.17. The first kappa shape index (κ1) is 11.6. The van der Waals surface area contributed by atoms with Crippen LogP contribution in [0.3, 0.4) is 0 Å². The molecule has 0 aromatic carbocycles. The smallest absolute Gasteiger partial charge is 0.413 e. The van der Waals surface area contributed by atoms with Crippen LogP contribution in [0.25, 0.3) is 0 Å². The minimum absolute atomic E-state index is 0.0881. The van der Waals surface area contributed by atoms with Crippen molar-refractivity contribution in [2.24, 2.45) is 0 Å². The predicted molar refractivity (Wildman–Crippen MR) is 58.0 cm³/mol. The summed E-state index contributed by atoms with van der Waals surface area (Å²) in [4.78, 5) is 12.6. The van der Waals surface area contributed by atoms with Crippen LogP contribution in [0, 0.1) is 0 Å². The van der Waals surface area contributed by atoms with Crippen LogP contribution < -0.4 is 4.90 Å². The zero-order valence-corrected chi connectivity index (χ0v) is 9.81. The lowest BCUT2D eigenvalue weighted by Gasteiger charge is -2.19. The molecule has 0 aliphatic carbocycles. The summed E-state index contributed by atoms with van der Waals surface area (Å²) in [6.07, 6.45) is 3.06. The van der Waals surface area contributed by atoms with Crippen LogP contribution in [0.1, 0.15) is 20.8 Å². The number of amides is 1. The Morgan fingerprint density at radius 2 is 2.13 bits per heavy atom. The van der Waals surface area contributed by atoms with Crippen molar-refractivity contribution in [3.05, 3.63) is 12.4 Å². The van der Waals surface area contributed by atoms with Gasteiger partial charge in [0.05, 0.1) is 24.5 Å². The zero-order chi connectivity index (χ0) is 11.6. The molecule has 0 bridgehead atoms. The van der Waals surface area contributed by atoms with Crippen molar-refractivity contribution >= 4 is 11.8 Å². The van der Waals surface area contributed by atoms with E-state index < -0.39 is 6.09 Å². The van der Waals surface area contributed by atoms with Crippen molar-refractivity contribution in [2.45, 2.75) is 26.3 Å². The van der Waals surface area contributed by atoms with E-state index in [9.17, 15) is 4.79 Å². The topological polar surface area (TPSA) is 47.4 Å². The number of rotatable bonds is 1. The SMILES string of the molecule is COC(=O)N(C)c1cnn(C(C)(C)C)c1. The molecule has 1 rings (SSSR count). The fourth-order valence-electron chi connectivity index (χ4n) is 1.10. The second kappa shape index (κ2) is 3.92. The monoisotopic (exact) mass is 211 g/mol. The number of hydrogen-bond donors (Lipinski definition) is 0. The highest BCUT2D eigenvalue weighted by atomic mass is 16.5. The van der Waals surface area contributed by atoms with Crippen LogP contribution in [-0.4, -0.2) is 30.0 Å². The molecule has 1 heterocycles. The standard InChI is InChI=1S/C10H17N3O2/c1-10(2,3)13-7-8(6-11-13)12(4)9(14)15-5/h6-7H,1-5H3. The van der Waals surface area contributed by atoms with Gasteiger partial charge >= 0.3 is 6.09 Å². The van der Waals surface area contributed by atoms with Crippen molar-refractivity contribution < 1.29 is 9.53 Å². The number of carbonyl (C=O) groups is 1. The van der Waals surface area contributed by atoms with Crippen LogP contribution in [-0.2, 0) is 10.3 Å². The average molecular weight is 211 g/mol. The molecule has 0 N–H and O–H groups in total. The van der Waals surface area contributed by atoms with Crippen molar-refractivity contribution in [1.29, 1.82) is 0 Å². The molecule has 0 atom stereocenters. The van der Waals surface area contributed by atoms with Gasteiger partial charge in [0, 0.05) is 13.2 Å². The van der Waals surface area contributed by atoms with Crippen molar-refractivity contribution in [3.8, 4) is 0 Å². The highest BCUT2D eigenvalue weighted by molar-refractivity contribution is 5.86. The van der Waals surface area contributed by atoms with E-state index in [-0.39, 0.29) is 5.54 Å². The molecule has 1 aromatic rings. The molecule has 0 fully saturated rings. The summed E-state index contributed by atoms with van der Waals surface area (Å²) in [6, 6.07) is 0. The summed E-state index contributed by atoms with van der Waals surface area (Å²) in [5, 5.41) is 4.19. The molecule has 0 spiro atoms. The second-order valence-electron chi connectivity index (χ2n) is 4.34. The summed E-state index contributed by atoms with van der Waals surface area (Å²) < 4.78 is 6.42. The van der Waals surface area contributed by atoms with Gasteiger partial charge in [-0.05, 0) is 20.8 Å². The quantitative estimate of drug-likeness (QED) is 0.712. The van der Waals surface area contributed by atoms with Gasteiger partial charge < -0.3 is 4.74 Å². The van der Waals surface area contributed by atoms with Crippen LogP contribution in [0.4, 0.5) is 10.5 Å². The molecule has 0 aliphatic heterocycles. The zero-order valence-electron chi connectivity index (χ0n) is 9.81. The molecule has 84 valence electrons. The number of anilines is 1. The predicted octanol–water partition coefficient (Wildman–Crippen LogP) is 1.84. The Morgan fingerprint density at radius 1 is 1.53 bits per heavy atom. The van der Waals surface area contributed by atoms with Gasteiger partial charge in [-0.3, -0.25) is 9.58 Å². The third-order valence-corrected chi connectivity index (χ3v) is 2.09. The number of aromatic nitrogens is 2. The van der Waals surface area contributed by atoms with Gasteiger partial charge in [0.25, 0.3) is 0 Å². The summed E-state index contributed by atoms with van der Waals surface area (Å²) in [5.74, 6) is 0. The molecule has 1 aromatic heterocycles. The maximum absolute atomic E-state index is 11.2. The molecule has 0 radical (unpaired) electrons. The Hall–Kier alpha value is -1.52. The lowest BCUT2D eigenvalue weighted by atomic mass is 10.1. The third kappa shape index (κ3) is 2.49. The molecule has 15 heavy (non-hydrogen) atoms. The number of carbonyl (C=O) groups excluding carboxylic acids is 1. The molecule has 0 saturated heterocycles. The van der Waals surface area contributed by atoms with Gasteiger partial charge in [-0.2, -0.15) is 5.10 Å². The Bertz CT molecular complexity index is 352. The normalized spacial score (nSPS) is 11.3. The molecule has 1 amide bonds. The molecular formula is C10H17N3O2. The van der Waals surface area contributed by atoms with E-state index in [1.807, 2.05) is 31.6 Å². The molecule has 0 aliphatic rings. The minimum Gasteiger partial charge on any atom is -0.452 e. The first-order chi connectivity index (χ1) is 6.86. The van der Waals surface area contributed by atoms with Gasteiger partial charge in [-0.15, -0.1) is 0 Å². The first-order valence-electron chi connectivity index (χ1n) is 4.73. The molecule has 5 heteroatoms. The number of ether oxygens (including phenoxy) is 1. The van der Waals surface area contributed by atoms with E-state index in [4.69, 9.17) is 0 Å². The average Bonchev–Trinajstić information content (AvgIpc) is 2.63. The van der Waals surface area contributed by atoms with E-state index in [1.54, 1.807) is 13.2 Å². The van der Waals surface area contributed by atoms with Crippen LogP contribution >= 0.6 is 0 Å². The Labute approximate surface area is 89.6 Å². The van der Waals surface area contributed by atoms with Crippen molar-refractivity contribution in [1.82, 2.24) is 9.78 Å². The van der Waals surface area contributed by atoms with Crippen LogP contribution in [0.5, 0.6) is 0 Å². The van der Waals surface area contributed by atoms with Gasteiger partial charge in [-0.25, -0.2) is 4.79 Å². The van der Waals surface area contributed by atoms with Gasteiger partial charge in [-0.1, -0.05) is 0 Å². The van der Waals surface area contributed by atoms with Crippen molar-refractivity contribution in [3.63, 3.8) is 0 Å². The molecular weight excluding hydrogens is 194 g/mol. The van der Waals surface area contributed by atoms with Gasteiger partial charge in [0.1, 0.15) is 0 Å². The molecule has 5 nitrogen and oxygen atoms in total. The Balaban J connectivity index is 2.89. The van der Waals surface area contributed by atoms with Gasteiger partial charge in [0.15, 0.2) is 0 Å². The summed E-state index contributed by atoms with van der Waals surface area (Å²) >= 11 is 0.